The molecule has 0 aromatic carbocycles. The van der Waals surface area contributed by atoms with Crippen molar-refractivity contribution in [3.8, 4) is 0 Å². The fraction of sp³-hybridized carbons (Fsp3) is 0.538. The standard InChI is InChI=1S/C13H18N4O5/c1-2-5-3-17(10-7(5)11(21)16-13(14)15-10)12-9(20)8(19)6(4-18)22-12/h3,6,8-9,12,18-20H,2,4H2,1H3,(H3,14,15,16,21)/t6-,8+,9?,12-/m1/s1. The molecule has 22 heavy (non-hydrogen) atoms. The molecule has 1 fully saturated rings. The van der Waals surface area contributed by atoms with Crippen molar-refractivity contribution in [3.05, 3.63) is 22.1 Å². The van der Waals surface area contributed by atoms with Crippen LogP contribution in [0.25, 0.3) is 11.0 Å². The number of nitrogens with zero attached hydrogens (tertiary/aromatic N) is 2. The molecular formula is C13H18N4O5. The van der Waals surface area contributed by atoms with E-state index in [2.05, 4.69) is 9.97 Å². The van der Waals surface area contributed by atoms with Crippen molar-refractivity contribution in [2.45, 2.75) is 37.9 Å². The van der Waals surface area contributed by atoms with Crippen molar-refractivity contribution in [1.29, 1.82) is 0 Å². The quantitative estimate of drug-likeness (QED) is 0.462. The van der Waals surface area contributed by atoms with Gasteiger partial charge in [0.25, 0.3) is 5.56 Å². The third-order valence-corrected chi connectivity index (χ3v) is 3.95. The molecule has 0 saturated carbocycles. The summed E-state index contributed by atoms with van der Waals surface area (Å²) >= 11 is 0. The van der Waals surface area contributed by atoms with Gasteiger partial charge in [-0.05, 0) is 12.0 Å². The number of H-pyrrole nitrogens is 1. The first-order valence-corrected chi connectivity index (χ1v) is 6.99. The van der Waals surface area contributed by atoms with Gasteiger partial charge in [0.2, 0.25) is 5.95 Å². The van der Waals surface area contributed by atoms with Crippen LogP contribution < -0.4 is 11.3 Å². The second-order valence-electron chi connectivity index (χ2n) is 5.29. The molecule has 4 atom stereocenters. The second kappa shape index (κ2) is 5.36. The Hall–Kier alpha value is -1.94. The van der Waals surface area contributed by atoms with E-state index in [-0.39, 0.29) is 17.2 Å². The van der Waals surface area contributed by atoms with Crippen LogP contribution in [0.3, 0.4) is 0 Å². The SMILES string of the molecule is CCc1cn([C@@H]2O[C@H](CO)[C@H](O)C2O)c2nc(N)[nH]c(=O)c12. The van der Waals surface area contributed by atoms with Crippen LogP contribution in [0.5, 0.6) is 0 Å². The number of ether oxygens (including phenoxy) is 1. The maximum atomic E-state index is 12.1. The molecule has 9 nitrogen and oxygen atoms in total. The van der Waals surface area contributed by atoms with Crippen molar-refractivity contribution in [1.82, 2.24) is 14.5 Å². The summed E-state index contributed by atoms with van der Waals surface area (Å²) in [4.78, 5) is 18.6. The summed E-state index contributed by atoms with van der Waals surface area (Å²) in [5.74, 6) is -0.0498. The zero-order valence-corrected chi connectivity index (χ0v) is 11.9. The first kappa shape index (κ1) is 15.0. The summed E-state index contributed by atoms with van der Waals surface area (Å²) in [5, 5.41) is 29.6. The highest BCUT2D eigenvalue weighted by Gasteiger charge is 2.44. The number of aliphatic hydroxyl groups is 3. The summed E-state index contributed by atoms with van der Waals surface area (Å²) in [6, 6.07) is 0. The number of nitrogens with one attached hydrogen (secondary N) is 1. The van der Waals surface area contributed by atoms with E-state index in [1.54, 1.807) is 6.20 Å². The molecule has 120 valence electrons. The lowest BCUT2D eigenvalue weighted by atomic mass is 10.1. The molecular weight excluding hydrogens is 292 g/mol. The molecule has 6 N–H and O–H groups in total. The Morgan fingerprint density at radius 1 is 1.45 bits per heavy atom. The topological polar surface area (TPSA) is 147 Å². The number of anilines is 1. The van der Waals surface area contributed by atoms with E-state index in [0.717, 1.165) is 5.56 Å². The first-order valence-electron chi connectivity index (χ1n) is 6.99. The van der Waals surface area contributed by atoms with Gasteiger partial charge in [0.05, 0.1) is 12.0 Å². The highest BCUT2D eigenvalue weighted by atomic mass is 16.6. The Morgan fingerprint density at radius 2 is 2.18 bits per heavy atom. The maximum Gasteiger partial charge on any atom is 0.262 e. The summed E-state index contributed by atoms with van der Waals surface area (Å²) in [6.07, 6.45) is -2.11. The number of aryl methyl sites for hydroxylation is 1. The van der Waals surface area contributed by atoms with Gasteiger partial charge in [0.15, 0.2) is 11.9 Å². The van der Waals surface area contributed by atoms with E-state index in [1.807, 2.05) is 6.92 Å². The van der Waals surface area contributed by atoms with Crippen molar-refractivity contribution < 1.29 is 20.1 Å². The van der Waals surface area contributed by atoms with Crippen molar-refractivity contribution >= 4 is 17.0 Å². The molecule has 0 amide bonds. The van der Waals surface area contributed by atoms with Gasteiger partial charge in [-0.15, -0.1) is 0 Å². The van der Waals surface area contributed by atoms with E-state index in [1.165, 1.54) is 4.57 Å². The molecule has 0 aliphatic carbocycles. The summed E-state index contributed by atoms with van der Waals surface area (Å²) < 4.78 is 6.96. The molecule has 1 aliphatic rings. The molecule has 2 aromatic rings. The van der Waals surface area contributed by atoms with Gasteiger partial charge in [-0.1, -0.05) is 6.92 Å². The van der Waals surface area contributed by atoms with E-state index >= 15 is 0 Å². The first-order chi connectivity index (χ1) is 10.5. The third kappa shape index (κ3) is 2.10. The number of aromatic nitrogens is 3. The van der Waals surface area contributed by atoms with Gasteiger partial charge >= 0.3 is 0 Å². The number of nitrogen functional groups attached to an aromatic ring is 1. The van der Waals surface area contributed by atoms with Crippen LogP contribution in [0.4, 0.5) is 5.95 Å². The Bertz CT molecular complexity index is 755. The smallest absolute Gasteiger partial charge is 0.262 e. The normalized spacial score (nSPS) is 28.5. The minimum absolute atomic E-state index is 0.0498. The fourth-order valence-corrected chi connectivity index (χ4v) is 2.82. The fourth-order valence-electron chi connectivity index (χ4n) is 2.82. The number of fused-ring (bicyclic) bond motifs is 1. The minimum Gasteiger partial charge on any atom is -0.394 e. The van der Waals surface area contributed by atoms with E-state index in [0.29, 0.717) is 11.8 Å². The molecule has 3 rings (SSSR count). The van der Waals surface area contributed by atoms with Crippen molar-refractivity contribution in [3.63, 3.8) is 0 Å². The van der Waals surface area contributed by atoms with Crippen LogP contribution >= 0.6 is 0 Å². The number of rotatable bonds is 3. The van der Waals surface area contributed by atoms with Crippen LogP contribution in [0.1, 0.15) is 18.7 Å². The molecule has 9 heteroatoms. The third-order valence-electron chi connectivity index (χ3n) is 3.95. The van der Waals surface area contributed by atoms with Gasteiger partial charge in [-0.3, -0.25) is 9.78 Å². The van der Waals surface area contributed by atoms with E-state index < -0.39 is 31.1 Å². The average molecular weight is 310 g/mol. The zero-order valence-electron chi connectivity index (χ0n) is 11.9. The number of hydrogen-bond acceptors (Lipinski definition) is 7. The lowest BCUT2D eigenvalue weighted by Crippen LogP contribution is -2.33. The van der Waals surface area contributed by atoms with Gasteiger partial charge in [0.1, 0.15) is 18.3 Å². The number of nitrogens with two attached hydrogens (primary N) is 1. The van der Waals surface area contributed by atoms with Crippen LogP contribution in [0.15, 0.2) is 11.0 Å². The van der Waals surface area contributed by atoms with Crippen LogP contribution in [-0.2, 0) is 11.2 Å². The lowest BCUT2D eigenvalue weighted by Gasteiger charge is -2.17. The number of aliphatic hydroxyl groups excluding tert-OH is 3. The zero-order chi connectivity index (χ0) is 16.0. The van der Waals surface area contributed by atoms with Gasteiger partial charge in [-0.25, -0.2) is 0 Å². The lowest BCUT2D eigenvalue weighted by molar-refractivity contribution is -0.0509. The summed E-state index contributed by atoms with van der Waals surface area (Å²) in [7, 11) is 0. The highest BCUT2D eigenvalue weighted by molar-refractivity contribution is 5.80. The van der Waals surface area contributed by atoms with Gasteiger partial charge in [0, 0.05) is 6.20 Å². The molecule has 3 heterocycles. The minimum atomic E-state index is -1.25. The van der Waals surface area contributed by atoms with Crippen molar-refractivity contribution in [2.75, 3.05) is 12.3 Å². The van der Waals surface area contributed by atoms with Crippen molar-refractivity contribution in [2.24, 2.45) is 0 Å². The Kier molecular flexibility index (Phi) is 3.65. The monoisotopic (exact) mass is 310 g/mol. The van der Waals surface area contributed by atoms with Crippen LogP contribution in [-0.4, -0.2) is 54.8 Å². The Balaban J connectivity index is 2.18. The predicted molar refractivity (Wildman–Crippen MR) is 77.2 cm³/mol. The molecule has 0 bridgehead atoms. The predicted octanol–water partition coefficient (Wildman–Crippen LogP) is -1.52. The summed E-state index contributed by atoms with van der Waals surface area (Å²) in [5.41, 5.74) is 6.21. The Morgan fingerprint density at radius 3 is 2.77 bits per heavy atom. The average Bonchev–Trinajstić information content (AvgIpc) is 2.98. The second-order valence-corrected chi connectivity index (χ2v) is 5.29. The Labute approximate surface area is 125 Å². The number of aromatic amines is 1. The van der Waals surface area contributed by atoms with Gasteiger partial charge < -0.3 is 30.4 Å². The number of hydrogen-bond donors (Lipinski definition) is 5. The summed E-state index contributed by atoms with van der Waals surface area (Å²) in [6.45, 7) is 1.46. The van der Waals surface area contributed by atoms with Crippen LogP contribution in [0, 0.1) is 0 Å². The van der Waals surface area contributed by atoms with E-state index in [9.17, 15) is 20.1 Å². The maximum absolute atomic E-state index is 12.1. The highest BCUT2D eigenvalue weighted by Crippen LogP contribution is 2.32. The molecule has 0 radical (unpaired) electrons. The molecule has 1 aliphatic heterocycles. The van der Waals surface area contributed by atoms with Crippen LogP contribution in [0.2, 0.25) is 0 Å². The van der Waals surface area contributed by atoms with E-state index in [4.69, 9.17) is 10.5 Å². The van der Waals surface area contributed by atoms with Gasteiger partial charge in [-0.2, -0.15) is 4.98 Å². The molecule has 0 spiro atoms. The molecule has 1 unspecified atom stereocenters. The molecule has 2 aromatic heterocycles. The molecule has 1 saturated heterocycles. The largest absolute Gasteiger partial charge is 0.394 e.